The quantitative estimate of drug-likeness (QED) is 0.748. The van der Waals surface area contributed by atoms with Gasteiger partial charge in [0.1, 0.15) is 11.2 Å². The number of carbonyl (C=O) groups is 1. The van der Waals surface area contributed by atoms with Crippen LogP contribution in [0.1, 0.15) is 12.5 Å². The van der Waals surface area contributed by atoms with Crippen molar-refractivity contribution in [2.75, 3.05) is 13.2 Å². The molecule has 0 atom stereocenters. The smallest absolute Gasteiger partial charge is 0.145 e. The van der Waals surface area contributed by atoms with Gasteiger partial charge in [-0.2, -0.15) is 0 Å². The molecule has 14 heavy (non-hydrogen) atoms. The molecule has 1 aromatic carbocycles. The third kappa shape index (κ3) is 1.26. The maximum atomic E-state index is 11.6. The average Bonchev–Trinajstić information content (AvgIpc) is 2.05. The van der Waals surface area contributed by atoms with Gasteiger partial charge in [0.25, 0.3) is 0 Å². The zero-order valence-corrected chi connectivity index (χ0v) is 8.67. The van der Waals surface area contributed by atoms with Crippen molar-refractivity contribution in [1.82, 2.24) is 0 Å². The van der Waals surface area contributed by atoms with E-state index in [0.717, 1.165) is 5.56 Å². The second kappa shape index (κ2) is 3.37. The first-order chi connectivity index (χ1) is 6.67. The number of ketones is 1. The number of rotatable bonds is 2. The van der Waals surface area contributed by atoms with Gasteiger partial charge in [-0.15, -0.1) is 0 Å². The third-order valence-corrected chi connectivity index (χ3v) is 3.09. The molecule has 0 saturated carbocycles. The average molecular weight is 211 g/mol. The van der Waals surface area contributed by atoms with Gasteiger partial charge in [-0.1, -0.05) is 29.8 Å². The lowest BCUT2D eigenvalue weighted by atomic mass is 9.75. The molecule has 2 nitrogen and oxygen atoms in total. The van der Waals surface area contributed by atoms with E-state index in [1.54, 1.807) is 13.0 Å². The van der Waals surface area contributed by atoms with Gasteiger partial charge in [-0.25, -0.2) is 0 Å². The number of ether oxygens (including phenoxy) is 1. The van der Waals surface area contributed by atoms with Gasteiger partial charge in [0.2, 0.25) is 0 Å². The molecule has 0 radical (unpaired) electrons. The molecule has 1 heterocycles. The molecule has 3 heteroatoms. The Kier molecular flexibility index (Phi) is 2.33. The van der Waals surface area contributed by atoms with Crippen molar-refractivity contribution in [2.24, 2.45) is 0 Å². The summed E-state index contributed by atoms with van der Waals surface area (Å²) in [5.74, 6) is 0.122. The first kappa shape index (κ1) is 9.69. The number of Topliss-reactive ketones (excluding diaryl/α,β-unsaturated/α-hetero) is 1. The predicted molar refractivity (Wildman–Crippen MR) is 54.6 cm³/mol. The molecule has 1 saturated heterocycles. The summed E-state index contributed by atoms with van der Waals surface area (Å²) in [4.78, 5) is 11.6. The maximum Gasteiger partial charge on any atom is 0.145 e. The van der Waals surface area contributed by atoms with Gasteiger partial charge >= 0.3 is 0 Å². The van der Waals surface area contributed by atoms with Gasteiger partial charge in [-0.3, -0.25) is 4.79 Å². The normalized spacial score (nSPS) is 18.7. The van der Waals surface area contributed by atoms with Gasteiger partial charge in [0, 0.05) is 5.02 Å². The van der Waals surface area contributed by atoms with Gasteiger partial charge in [0.15, 0.2) is 0 Å². The highest BCUT2D eigenvalue weighted by Gasteiger charge is 2.45. The Morgan fingerprint density at radius 1 is 1.43 bits per heavy atom. The highest BCUT2D eigenvalue weighted by atomic mass is 35.5. The molecule has 1 aliphatic rings. The summed E-state index contributed by atoms with van der Waals surface area (Å²) in [6.45, 7) is 2.49. The molecule has 0 amide bonds. The van der Waals surface area contributed by atoms with Gasteiger partial charge in [0.05, 0.1) is 13.2 Å². The Bertz CT molecular complexity index is 369. The number of benzene rings is 1. The Morgan fingerprint density at radius 2 is 2.07 bits per heavy atom. The first-order valence-corrected chi connectivity index (χ1v) is 4.88. The van der Waals surface area contributed by atoms with E-state index < -0.39 is 5.41 Å². The van der Waals surface area contributed by atoms with Crippen molar-refractivity contribution < 1.29 is 9.53 Å². The van der Waals surface area contributed by atoms with E-state index in [0.29, 0.717) is 18.2 Å². The lowest BCUT2D eigenvalue weighted by Crippen LogP contribution is -2.52. The Morgan fingerprint density at radius 3 is 2.50 bits per heavy atom. The summed E-state index contributed by atoms with van der Waals surface area (Å²) in [5.41, 5.74) is 0.402. The Balaban J connectivity index is 2.47. The molecule has 0 aromatic heterocycles. The van der Waals surface area contributed by atoms with Crippen molar-refractivity contribution in [3.63, 3.8) is 0 Å². The summed E-state index contributed by atoms with van der Waals surface area (Å²) in [6, 6.07) is 7.45. The van der Waals surface area contributed by atoms with Crippen LogP contribution in [0.25, 0.3) is 0 Å². The highest BCUT2D eigenvalue weighted by molar-refractivity contribution is 6.31. The lowest BCUT2D eigenvalue weighted by Gasteiger charge is -2.40. The van der Waals surface area contributed by atoms with E-state index >= 15 is 0 Å². The van der Waals surface area contributed by atoms with E-state index in [1.165, 1.54) is 0 Å². The zero-order valence-electron chi connectivity index (χ0n) is 7.92. The second-order valence-corrected chi connectivity index (χ2v) is 4.02. The molecule has 0 N–H and O–H groups in total. The topological polar surface area (TPSA) is 26.3 Å². The minimum Gasteiger partial charge on any atom is -0.378 e. The fourth-order valence-electron chi connectivity index (χ4n) is 1.70. The minimum absolute atomic E-state index is 0.122. The molecule has 2 rings (SSSR count). The number of hydrogen-bond donors (Lipinski definition) is 0. The second-order valence-electron chi connectivity index (χ2n) is 3.61. The Hall–Kier alpha value is -0.860. The molecule has 0 bridgehead atoms. The molecular weight excluding hydrogens is 200 g/mol. The van der Waals surface area contributed by atoms with E-state index in [2.05, 4.69) is 0 Å². The maximum absolute atomic E-state index is 11.6. The van der Waals surface area contributed by atoms with Crippen LogP contribution in [0.5, 0.6) is 0 Å². The van der Waals surface area contributed by atoms with Crippen molar-refractivity contribution in [2.45, 2.75) is 12.3 Å². The molecule has 74 valence electrons. The minimum atomic E-state index is -0.488. The summed E-state index contributed by atoms with van der Waals surface area (Å²) in [5, 5.41) is 0.644. The van der Waals surface area contributed by atoms with Crippen LogP contribution in [-0.2, 0) is 14.9 Å². The molecule has 0 spiro atoms. The molecule has 0 aliphatic carbocycles. The molecule has 1 fully saturated rings. The summed E-state index contributed by atoms with van der Waals surface area (Å²) in [6.07, 6.45) is 0. The monoisotopic (exact) mass is 210 g/mol. The van der Waals surface area contributed by atoms with E-state index in [1.807, 2.05) is 18.2 Å². The van der Waals surface area contributed by atoms with Crippen LogP contribution in [0.3, 0.4) is 0 Å². The largest absolute Gasteiger partial charge is 0.378 e. The van der Waals surface area contributed by atoms with Crippen LogP contribution in [0.15, 0.2) is 24.3 Å². The van der Waals surface area contributed by atoms with Gasteiger partial charge < -0.3 is 4.74 Å². The first-order valence-electron chi connectivity index (χ1n) is 4.50. The van der Waals surface area contributed by atoms with Crippen LogP contribution in [0.4, 0.5) is 0 Å². The third-order valence-electron chi connectivity index (χ3n) is 2.76. The SMILES string of the molecule is CC(=O)C1(c2ccccc2Cl)COC1. The number of carbonyl (C=O) groups excluding carboxylic acids is 1. The molecular formula is C11H11ClO2. The van der Waals surface area contributed by atoms with Crippen molar-refractivity contribution in [1.29, 1.82) is 0 Å². The van der Waals surface area contributed by atoms with E-state index in [9.17, 15) is 4.79 Å². The fraction of sp³-hybridized carbons (Fsp3) is 0.364. The van der Waals surface area contributed by atoms with E-state index in [-0.39, 0.29) is 5.78 Å². The van der Waals surface area contributed by atoms with Crippen LogP contribution in [0, 0.1) is 0 Å². The summed E-state index contributed by atoms with van der Waals surface area (Å²) in [7, 11) is 0. The summed E-state index contributed by atoms with van der Waals surface area (Å²) < 4.78 is 5.13. The summed E-state index contributed by atoms with van der Waals surface area (Å²) >= 11 is 6.06. The lowest BCUT2D eigenvalue weighted by molar-refractivity contribution is -0.140. The van der Waals surface area contributed by atoms with Gasteiger partial charge in [-0.05, 0) is 18.6 Å². The number of halogens is 1. The zero-order chi connectivity index (χ0) is 10.2. The standard InChI is InChI=1S/C11H11ClO2/c1-8(13)11(6-14-7-11)9-4-2-3-5-10(9)12/h2-5H,6-7H2,1H3. The molecule has 1 aromatic rings. The van der Waals surface area contributed by atoms with Crippen molar-refractivity contribution in [3.05, 3.63) is 34.9 Å². The Labute approximate surface area is 87.8 Å². The van der Waals surface area contributed by atoms with Crippen LogP contribution in [-0.4, -0.2) is 19.0 Å². The number of hydrogen-bond acceptors (Lipinski definition) is 2. The van der Waals surface area contributed by atoms with Crippen LogP contribution in [0.2, 0.25) is 5.02 Å². The highest BCUT2D eigenvalue weighted by Crippen LogP contribution is 2.37. The fourth-order valence-corrected chi connectivity index (χ4v) is 2.02. The predicted octanol–water partition coefficient (Wildman–Crippen LogP) is 2.20. The van der Waals surface area contributed by atoms with Crippen LogP contribution < -0.4 is 0 Å². The molecule has 1 aliphatic heterocycles. The van der Waals surface area contributed by atoms with Crippen molar-refractivity contribution in [3.8, 4) is 0 Å². The van der Waals surface area contributed by atoms with Crippen LogP contribution >= 0.6 is 11.6 Å². The van der Waals surface area contributed by atoms with Crippen molar-refractivity contribution >= 4 is 17.4 Å². The van der Waals surface area contributed by atoms with E-state index in [4.69, 9.17) is 16.3 Å². The molecule has 0 unspecified atom stereocenters.